The molecule has 0 saturated heterocycles. The van der Waals surface area contributed by atoms with Gasteiger partial charge in [-0.05, 0) is 26.7 Å². The summed E-state index contributed by atoms with van der Waals surface area (Å²) >= 11 is 0. The Balaban J connectivity index is 2.21. The lowest BCUT2D eigenvalue weighted by atomic mass is 10.2. The van der Waals surface area contributed by atoms with Gasteiger partial charge in [-0.3, -0.25) is 10.1 Å². The summed E-state index contributed by atoms with van der Waals surface area (Å²) in [4.78, 5) is 14.0. The van der Waals surface area contributed by atoms with Crippen molar-refractivity contribution >= 4 is 5.69 Å². The Morgan fingerprint density at radius 3 is 2.73 bits per heavy atom. The highest BCUT2D eigenvalue weighted by Crippen LogP contribution is 2.39. The highest BCUT2D eigenvalue weighted by atomic mass is 16.6. The molecule has 0 bridgehead atoms. The Morgan fingerprint density at radius 1 is 1.60 bits per heavy atom. The lowest BCUT2D eigenvalue weighted by Gasteiger charge is -2.11. The van der Waals surface area contributed by atoms with E-state index >= 15 is 0 Å². The first-order valence-electron chi connectivity index (χ1n) is 4.80. The second kappa shape index (κ2) is 3.18. The minimum atomic E-state index is -0.440. The number of aryl methyl sites for hydroxylation is 1. The van der Waals surface area contributed by atoms with E-state index in [4.69, 9.17) is 4.74 Å². The van der Waals surface area contributed by atoms with Gasteiger partial charge in [0, 0.05) is 11.6 Å². The van der Waals surface area contributed by atoms with Crippen molar-refractivity contribution in [3.63, 3.8) is 0 Å². The average Bonchev–Trinajstić information content (AvgIpc) is 2.82. The molecule has 1 aromatic heterocycles. The predicted molar refractivity (Wildman–Crippen MR) is 53.9 cm³/mol. The Bertz CT molecular complexity index is 413. The van der Waals surface area contributed by atoms with Crippen LogP contribution in [-0.2, 0) is 0 Å². The highest BCUT2D eigenvalue weighted by molar-refractivity contribution is 5.39. The van der Waals surface area contributed by atoms with Crippen molar-refractivity contribution in [2.45, 2.75) is 32.3 Å². The smallest absolute Gasteiger partial charge is 0.290 e. The molecule has 0 aliphatic heterocycles. The molecule has 2 rings (SSSR count). The molecule has 0 N–H and O–H groups in total. The lowest BCUT2D eigenvalue weighted by molar-refractivity contribution is -0.385. The van der Waals surface area contributed by atoms with Crippen molar-refractivity contribution in [3.8, 4) is 5.88 Å². The van der Waals surface area contributed by atoms with Gasteiger partial charge in [-0.1, -0.05) is 0 Å². The molecule has 1 aromatic rings. The van der Waals surface area contributed by atoms with Crippen LogP contribution in [0.25, 0.3) is 0 Å². The monoisotopic (exact) mass is 208 g/mol. The highest BCUT2D eigenvalue weighted by Gasteiger charge is 2.40. The van der Waals surface area contributed by atoms with Crippen LogP contribution in [0, 0.1) is 17.0 Å². The first-order valence-corrected chi connectivity index (χ1v) is 4.80. The molecule has 1 aliphatic rings. The van der Waals surface area contributed by atoms with Crippen molar-refractivity contribution in [2.75, 3.05) is 0 Å². The van der Waals surface area contributed by atoms with Crippen LogP contribution in [0.3, 0.4) is 0 Å². The SMILES string of the molecule is Cc1cc(OC2(C)CC2)ncc1[N+](=O)[O-]. The largest absolute Gasteiger partial charge is 0.471 e. The summed E-state index contributed by atoms with van der Waals surface area (Å²) in [5.41, 5.74) is 0.507. The Kier molecular flexibility index (Phi) is 2.10. The number of nitro groups is 1. The van der Waals surface area contributed by atoms with E-state index in [0.717, 1.165) is 12.8 Å². The molecular formula is C10H12N2O3. The molecule has 15 heavy (non-hydrogen) atoms. The van der Waals surface area contributed by atoms with Crippen LogP contribution in [-0.4, -0.2) is 15.5 Å². The quantitative estimate of drug-likeness (QED) is 0.564. The van der Waals surface area contributed by atoms with Crippen molar-refractivity contribution < 1.29 is 9.66 Å². The molecule has 1 fully saturated rings. The third-order valence-electron chi connectivity index (χ3n) is 2.56. The van der Waals surface area contributed by atoms with E-state index in [1.165, 1.54) is 6.20 Å². The van der Waals surface area contributed by atoms with Crippen LogP contribution in [0.4, 0.5) is 5.69 Å². The molecule has 0 aromatic carbocycles. The van der Waals surface area contributed by atoms with Gasteiger partial charge in [-0.2, -0.15) is 0 Å². The molecule has 0 spiro atoms. The van der Waals surface area contributed by atoms with Crippen LogP contribution >= 0.6 is 0 Å². The van der Waals surface area contributed by atoms with Gasteiger partial charge in [0.15, 0.2) is 0 Å². The summed E-state index contributed by atoms with van der Waals surface area (Å²) in [5, 5.41) is 10.6. The van der Waals surface area contributed by atoms with Gasteiger partial charge in [0.1, 0.15) is 11.8 Å². The molecule has 1 heterocycles. The van der Waals surface area contributed by atoms with E-state index in [2.05, 4.69) is 4.98 Å². The van der Waals surface area contributed by atoms with Gasteiger partial charge in [-0.15, -0.1) is 0 Å². The van der Waals surface area contributed by atoms with Crippen LogP contribution in [0.5, 0.6) is 5.88 Å². The van der Waals surface area contributed by atoms with Gasteiger partial charge in [0.2, 0.25) is 5.88 Å². The molecule has 0 atom stereocenters. The summed E-state index contributed by atoms with van der Waals surface area (Å²) in [6.45, 7) is 3.69. The number of nitrogens with zero attached hydrogens (tertiary/aromatic N) is 2. The van der Waals surface area contributed by atoms with E-state index in [9.17, 15) is 10.1 Å². The Morgan fingerprint density at radius 2 is 2.27 bits per heavy atom. The number of hydrogen-bond acceptors (Lipinski definition) is 4. The molecule has 1 saturated carbocycles. The van der Waals surface area contributed by atoms with E-state index in [1.807, 2.05) is 6.92 Å². The topological polar surface area (TPSA) is 65.3 Å². The zero-order valence-electron chi connectivity index (χ0n) is 8.69. The molecule has 0 amide bonds. The lowest BCUT2D eigenvalue weighted by Crippen LogP contribution is -2.13. The van der Waals surface area contributed by atoms with Crippen molar-refractivity contribution in [2.24, 2.45) is 0 Å². The fraction of sp³-hybridized carbons (Fsp3) is 0.500. The van der Waals surface area contributed by atoms with Crippen molar-refractivity contribution in [3.05, 3.63) is 27.9 Å². The first-order chi connectivity index (χ1) is 7.00. The van der Waals surface area contributed by atoms with Gasteiger partial charge >= 0.3 is 0 Å². The molecular weight excluding hydrogens is 196 g/mol. The molecule has 1 aliphatic carbocycles. The average molecular weight is 208 g/mol. The van der Waals surface area contributed by atoms with Crippen LogP contribution in [0.15, 0.2) is 12.3 Å². The van der Waals surface area contributed by atoms with Crippen LogP contribution < -0.4 is 4.74 Å². The van der Waals surface area contributed by atoms with Crippen molar-refractivity contribution in [1.82, 2.24) is 4.98 Å². The van der Waals surface area contributed by atoms with Crippen LogP contribution in [0.2, 0.25) is 0 Å². The van der Waals surface area contributed by atoms with E-state index in [1.54, 1.807) is 13.0 Å². The molecule has 0 radical (unpaired) electrons. The van der Waals surface area contributed by atoms with E-state index in [0.29, 0.717) is 11.4 Å². The summed E-state index contributed by atoms with van der Waals surface area (Å²) in [6, 6.07) is 1.61. The number of rotatable bonds is 3. The third kappa shape index (κ3) is 2.06. The second-order valence-electron chi connectivity index (χ2n) is 4.12. The van der Waals surface area contributed by atoms with Crippen LogP contribution in [0.1, 0.15) is 25.3 Å². The molecule has 0 unspecified atom stereocenters. The van der Waals surface area contributed by atoms with Crippen molar-refractivity contribution in [1.29, 1.82) is 0 Å². The normalized spacial score (nSPS) is 17.2. The summed E-state index contributed by atoms with van der Waals surface area (Å²) < 4.78 is 5.59. The number of pyridine rings is 1. The predicted octanol–water partition coefficient (Wildman–Crippen LogP) is 2.23. The zero-order chi connectivity index (χ0) is 11.1. The summed E-state index contributed by atoms with van der Waals surface area (Å²) in [6.07, 6.45) is 3.28. The zero-order valence-corrected chi connectivity index (χ0v) is 8.69. The fourth-order valence-corrected chi connectivity index (χ4v) is 1.30. The number of ether oxygens (including phenoxy) is 1. The van der Waals surface area contributed by atoms with Gasteiger partial charge in [0.05, 0.1) is 4.92 Å². The maximum atomic E-state index is 10.6. The summed E-state index contributed by atoms with van der Waals surface area (Å²) in [7, 11) is 0. The maximum absolute atomic E-state index is 10.6. The first kappa shape index (κ1) is 9.89. The van der Waals surface area contributed by atoms with Gasteiger partial charge in [0.25, 0.3) is 5.69 Å². The molecule has 5 nitrogen and oxygen atoms in total. The van der Waals surface area contributed by atoms with E-state index < -0.39 is 4.92 Å². The number of aromatic nitrogens is 1. The third-order valence-corrected chi connectivity index (χ3v) is 2.56. The maximum Gasteiger partial charge on any atom is 0.290 e. The standard InChI is InChI=1S/C10H12N2O3/c1-7-5-9(15-10(2)3-4-10)11-6-8(7)12(13)14/h5-6H,3-4H2,1-2H3. The minimum Gasteiger partial charge on any atom is -0.471 e. The Hall–Kier alpha value is -1.65. The number of hydrogen-bond donors (Lipinski definition) is 0. The molecule has 5 heteroatoms. The fourth-order valence-electron chi connectivity index (χ4n) is 1.30. The second-order valence-corrected chi connectivity index (χ2v) is 4.12. The minimum absolute atomic E-state index is 0.0308. The summed E-state index contributed by atoms with van der Waals surface area (Å²) in [5.74, 6) is 0.470. The van der Waals surface area contributed by atoms with Gasteiger partial charge < -0.3 is 4.74 Å². The Labute approximate surface area is 87.2 Å². The van der Waals surface area contributed by atoms with Gasteiger partial charge in [-0.25, -0.2) is 4.98 Å². The van der Waals surface area contributed by atoms with E-state index in [-0.39, 0.29) is 11.3 Å². The molecule has 80 valence electrons.